The number of benzene rings is 1. The van der Waals surface area contributed by atoms with Gasteiger partial charge >= 0.3 is 6.61 Å². The molecule has 3 unspecified atom stereocenters. The standard InChI is InChI=1S/C15H22F2N2O/c1-10(18)13-6-7-19(9-13)11(2)12-4-3-5-14(8-12)20-15(16)17/h3-5,8,10-11,13,15H,6-7,9,18H2,1-2H3. The normalized spacial score (nSPS) is 23.0. The van der Waals surface area contributed by atoms with E-state index in [0.29, 0.717) is 5.92 Å². The van der Waals surface area contributed by atoms with Crippen LogP contribution in [0.25, 0.3) is 0 Å². The van der Waals surface area contributed by atoms with Gasteiger partial charge in [-0.3, -0.25) is 4.90 Å². The summed E-state index contributed by atoms with van der Waals surface area (Å²) < 4.78 is 29.0. The molecule has 1 heterocycles. The summed E-state index contributed by atoms with van der Waals surface area (Å²) in [6.45, 7) is 3.29. The topological polar surface area (TPSA) is 38.5 Å². The lowest BCUT2D eigenvalue weighted by Gasteiger charge is -2.25. The molecule has 1 fully saturated rings. The first-order chi connectivity index (χ1) is 9.47. The molecule has 0 aliphatic carbocycles. The number of likely N-dealkylation sites (tertiary alicyclic amines) is 1. The minimum Gasteiger partial charge on any atom is -0.435 e. The second-order valence-corrected chi connectivity index (χ2v) is 5.53. The van der Waals surface area contributed by atoms with Crippen LogP contribution in [0.5, 0.6) is 5.75 Å². The number of hydrogen-bond acceptors (Lipinski definition) is 3. The summed E-state index contributed by atoms with van der Waals surface area (Å²) in [5, 5.41) is 0. The fourth-order valence-corrected chi connectivity index (χ4v) is 2.76. The number of alkyl halides is 2. The van der Waals surface area contributed by atoms with E-state index >= 15 is 0 Å². The van der Waals surface area contributed by atoms with Gasteiger partial charge in [-0.2, -0.15) is 8.78 Å². The smallest absolute Gasteiger partial charge is 0.387 e. The third kappa shape index (κ3) is 3.67. The molecule has 0 spiro atoms. The number of rotatable bonds is 5. The van der Waals surface area contributed by atoms with E-state index in [4.69, 9.17) is 5.73 Å². The molecule has 1 aromatic carbocycles. The quantitative estimate of drug-likeness (QED) is 0.903. The summed E-state index contributed by atoms with van der Waals surface area (Å²) in [7, 11) is 0. The highest BCUT2D eigenvalue weighted by Crippen LogP contribution is 2.30. The minimum atomic E-state index is -2.78. The van der Waals surface area contributed by atoms with Crippen LogP contribution in [-0.2, 0) is 0 Å². The van der Waals surface area contributed by atoms with Crippen molar-refractivity contribution in [1.29, 1.82) is 0 Å². The molecule has 112 valence electrons. The molecule has 2 rings (SSSR count). The highest BCUT2D eigenvalue weighted by Gasteiger charge is 2.28. The van der Waals surface area contributed by atoms with E-state index < -0.39 is 6.61 Å². The predicted octanol–water partition coefficient (Wildman–Crippen LogP) is 3.02. The van der Waals surface area contributed by atoms with Crippen LogP contribution in [0.1, 0.15) is 31.9 Å². The Morgan fingerprint density at radius 1 is 1.35 bits per heavy atom. The molecule has 0 aromatic heterocycles. The Balaban J connectivity index is 2.04. The number of hydrogen-bond donors (Lipinski definition) is 1. The maximum Gasteiger partial charge on any atom is 0.387 e. The lowest BCUT2D eigenvalue weighted by molar-refractivity contribution is -0.0499. The van der Waals surface area contributed by atoms with Gasteiger partial charge in [0, 0.05) is 18.6 Å². The van der Waals surface area contributed by atoms with Gasteiger partial charge in [-0.1, -0.05) is 12.1 Å². The maximum atomic E-state index is 12.2. The Morgan fingerprint density at radius 2 is 2.10 bits per heavy atom. The zero-order valence-electron chi connectivity index (χ0n) is 11.9. The van der Waals surface area contributed by atoms with E-state index in [-0.39, 0.29) is 17.8 Å². The number of ether oxygens (including phenoxy) is 1. The first kappa shape index (κ1) is 15.2. The van der Waals surface area contributed by atoms with Crippen LogP contribution in [0.2, 0.25) is 0 Å². The molecule has 1 aromatic rings. The molecule has 5 heteroatoms. The third-order valence-corrected chi connectivity index (χ3v) is 4.11. The van der Waals surface area contributed by atoms with Crippen LogP contribution in [0.15, 0.2) is 24.3 Å². The molecule has 0 amide bonds. The van der Waals surface area contributed by atoms with Crippen molar-refractivity contribution in [3.63, 3.8) is 0 Å². The zero-order valence-corrected chi connectivity index (χ0v) is 11.9. The minimum absolute atomic E-state index is 0.181. The highest BCUT2D eigenvalue weighted by molar-refractivity contribution is 5.30. The van der Waals surface area contributed by atoms with Gasteiger partial charge in [0.15, 0.2) is 0 Å². The lowest BCUT2D eigenvalue weighted by Crippen LogP contribution is -2.31. The molecule has 0 bridgehead atoms. The molecular formula is C15H22F2N2O. The van der Waals surface area contributed by atoms with Crippen LogP contribution in [0, 0.1) is 5.92 Å². The zero-order chi connectivity index (χ0) is 14.7. The van der Waals surface area contributed by atoms with E-state index in [0.717, 1.165) is 25.1 Å². The highest BCUT2D eigenvalue weighted by atomic mass is 19.3. The van der Waals surface area contributed by atoms with E-state index in [1.54, 1.807) is 18.2 Å². The molecule has 3 atom stereocenters. The number of nitrogens with two attached hydrogens (primary N) is 1. The van der Waals surface area contributed by atoms with Gasteiger partial charge in [-0.25, -0.2) is 0 Å². The first-order valence-electron chi connectivity index (χ1n) is 7.01. The SMILES string of the molecule is CC(N)C1CCN(C(C)c2cccc(OC(F)F)c2)C1. The maximum absolute atomic E-state index is 12.2. The third-order valence-electron chi connectivity index (χ3n) is 4.11. The van der Waals surface area contributed by atoms with Crippen molar-refractivity contribution in [3.8, 4) is 5.75 Å². The second-order valence-electron chi connectivity index (χ2n) is 5.53. The summed E-state index contributed by atoms with van der Waals surface area (Å²) in [6.07, 6.45) is 1.09. The number of halogens is 2. The Bertz CT molecular complexity index is 440. The van der Waals surface area contributed by atoms with E-state index in [2.05, 4.69) is 16.6 Å². The number of nitrogens with zero attached hydrogens (tertiary/aromatic N) is 1. The molecule has 1 aliphatic heterocycles. The average Bonchev–Trinajstić information content (AvgIpc) is 2.87. The van der Waals surface area contributed by atoms with Crippen molar-refractivity contribution in [3.05, 3.63) is 29.8 Å². The summed E-state index contributed by atoms with van der Waals surface area (Å²) >= 11 is 0. The van der Waals surface area contributed by atoms with Gasteiger partial charge in [0.05, 0.1) is 0 Å². The van der Waals surface area contributed by atoms with Crippen LogP contribution in [0.4, 0.5) is 8.78 Å². The second kappa shape index (κ2) is 6.50. The van der Waals surface area contributed by atoms with Crippen molar-refractivity contribution >= 4 is 0 Å². The van der Waals surface area contributed by atoms with Gasteiger partial charge < -0.3 is 10.5 Å². The van der Waals surface area contributed by atoms with E-state index in [9.17, 15) is 8.78 Å². The average molecular weight is 284 g/mol. The van der Waals surface area contributed by atoms with Crippen molar-refractivity contribution < 1.29 is 13.5 Å². The first-order valence-corrected chi connectivity index (χ1v) is 7.01. The molecule has 20 heavy (non-hydrogen) atoms. The molecule has 0 radical (unpaired) electrons. The fraction of sp³-hybridized carbons (Fsp3) is 0.600. The molecular weight excluding hydrogens is 262 g/mol. The van der Waals surface area contributed by atoms with Crippen molar-refractivity contribution in [2.45, 2.75) is 39.0 Å². The van der Waals surface area contributed by atoms with E-state index in [1.165, 1.54) is 0 Å². The van der Waals surface area contributed by atoms with Crippen molar-refractivity contribution in [2.24, 2.45) is 11.7 Å². The molecule has 1 aliphatic rings. The summed E-state index contributed by atoms with van der Waals surface area (Å²) in [4.78, 5) is 2.34. The molecule has 3 nitrogen and oxygen atoms in total. The monoisotopic (exact) mass is 284 g/mol. The Kier molecular flexibility index (Phi) is 4.94. The molecule has 2 N–H and O–H groups in total. The van der Waals surface area contributed by atoms with Gasteiger partial charge in [0.25, 0.3) is 0 Å². The largest absolute Gasteiger partial charge is 0.435 e. The van der Waals surface area contributed by atoms with Crippen molar-refractivity contribution in [1.82, 2.24) is 4.90 Å². The van der Waals surface area contributed by atoms with Gasteiger partial charge in [0.2, 0.25) is 0 Å². The summed E-state index contributed by atoms with van der Waals surface area (Å²) in [5.74, 6) is 0.727. The van der Waals surface area contributed by atoms with Crippen LogP contribution < -0.4 is 10.5 Å². The van der Waals surface area contributed by atoms with Crippen LogP contribution in [-0.4, -0.2) is 30.6 Å². The lowest BCUT2D eigenvalue weighted by atomic mass is 10.0. The summed E-state index contributed by atoms with van der Waals surface area (Å²) in [6, 6.07) is 7.32. The van der Waals surface area contributed by atoms with Crippen molar-refractivity contribution in [2.75, 3.05) is 13.1 Å². The van der Waals surface area contributed by atoms with E-state index in [1.807, 2.05) is 13.0 Å². The predicted molar refractivity (Wildman–Crippen MR) is 74.8 cm³/mol. The molecule has 0 saturated carbocycles. The van der Waals surface area contributed by atoms with Crippen LogP contribution >= 0.6 is 0 Å². The molecule has 1 saturated heterocycles. The Labute approximate surface area is 118 Å². The Morgan fingerprint density at radius 3 is 2.70 bits per heavy atom. The Hall–Kier alpha value is -1.20. The summed E-state index contributed by atoms with van der Waals surface area (Å²) in [5.41, 5.74) is 6.94. The van der Waals surface area contributed by atoms with Gasteiger partial charge in [-0.05, 0) is 50.4 Å². The fourth-order valence-electron chi connectivity index (χ4n) is 2.76. The van der Waals surface area contributed by atoms with Gasteiger partial charge in [0.1, 0.15) is 5.75 Å². The van der Waals surface area contributed by atoms with Crippen LogP contribution in [0.3, 0.4) is 0 Å². The van der Waals surface area contributed by atoms with Gasteiger partial charge in [-0.15, -0.1) is 0 Å².